The Labute approximate surface area is 170 Å². The normalized spacial score (nSPS) is 18.6. The molecule has 1 atom stereocenters. The van der Waals surface area contributed by atoms with Crippen LogP contribution < -0.4 is 10.6 Å². The SMILES string of the molecule is CC(NC(=O)C1(c2ccc(NC(=O)c3cccc(Cl)c3)cc2)CCC1)C1CC1. The van der Waals surface area contributed by atoms with Gasteiger partial charge in [-0.05, 0) is 74.4 Å². The molecule has 2 fully saturated rings. The summed E-state index contributed by atoms with van der Waals surface area (Å²) in [6, 6.07) is 14.8. The third kappa shape index (κ3) is 3.79. The predicted octanol–water partition coefficient (Wildman–Crippen LogP) is 4.93. The van der Waals surface area contributed by atoms with Gasteiger partial charge in [-0.3, -0.25) is 9.59 Å². The van der Waals surface area contributed by atoms with Gasteiger partial charge >= 0.3 is 0 Å². The van der Waals surface area contributed by atoms with E-state index in [4.69, 9.17) is 11.6 Å². The number of halogens is 1. The van der Waals surface area contributed by atoms with Crippen molar-refractivity contribution < 1.29 is 9.59 Å². The van der Waals surface area contributed by atoms with E-state index in [-0.39, 0.29) is 17.9 Å². The second-order valence-electron chi connectivity index (χ2n) is 8.08. The minimum atomic E-state index is -0.418. The fraction of sp³-hybridized carbons (Fsp3) is 0.391. The number of carbonyl (C=O) groups excluding carboxylic acids is 2. The molecule has 0 spiro atoms. The molecule has 2 aromatic rings. The van der Waals surface area contributed by atoms with E-state index in [1.807, 2.05) is 24.3 Å². The molecule has 0 radical (unpaired) electrons. The van der Waals surface area contributed by atoms with Crippen LogP contribution in [0.1, 0.15) is 54.9 Å². The van der Waals surface area contributed by atoms with Gasteiger partial charge in [0.2, 0.25) is 5.91 Å². The maximum Gasteiger partial charge on any atom is 0.255 e. The number of rotatable bonds is 6. The molecule has 146 valence electrons. The zero-order valence-corrected chi connectivity index (χ0v) is 16.8. The van der Waals surface area contributed by atoms with E-state index in [1.165, 1.54) is 12.8 Å². The monoisotopic (exact) mass is 396 g/mol. The number of benzene rings is 2. The van der Waals surface area contributed by atoms with Crippen LogP contribution in [-0.4, -0.2) is 17.9 Å². The van der Waals surface area contributed by atoms with Crippen LogP contribution >= 0.6 is 11.6 Å². The minimum absolute atomic E-state index is 0.147. The lowest BCUT2D eigenvalue weighted by Crippen LogP contribution is -2.51. The lowest BCUT2D eigenvalue weighted by atomic mass is 9.63. The molecule has 2 N–H and O–H groups in total. The van der Waals surface area contributed by atoms with Gasteiger partial charge in [0.05, 0.1) is 5.41 Å². The van der Waals surface area contributed by atoms with E-state index in [1.54, 1.807) is 24.3 Å². The average Bonchev–Trinajstić information content (AvgIpc) is 3.47. The van der Waals surface area contributed by atoms with E-state index in [9.17, 15) is 9.59 Å². The number of hydrogen-bond donors (Lipinski definition) is 2. The standard InChI is InChI=1S/C23H25ClN2O2/c1-15(16-6-7-16)25-22(28)23(12-3-13-23)18-8-10-20(11-9-18)26-21(27)17-4-2-5-19(24)14-17/h2,4-5,8-11,14-16H,3,6-7,12-13H2,1H3,(H,25,28)(H,26,27). The summed E-state index contributed by atoms with van der Waals surface area (Å²) >= 11 is 5.96. The lowest BCUT2D eigenvalue weighted by molar-refractivity contribution is -0.130. The molecule has 0 bridgehead atoms. The molecule has 2 aromatic carbocycles. The zero-order valence-electron chi connectivity index (χ0n) is 16.0. The van der Waals surface area contributed by atoms with Crippen LogP contribution in [0.4, 0.5) is 5.69 Å². The highest BCUT2D eigenvalue weighted by Crippen LogP contribution is 2.45. The molecule has 0 aliphatic heterocycles. The van der Waals surface area contributed by atoms with Crippen LogP contribution in [0, 0.1) is 5.92 Å². The molecular formula is C23H25ClN2O2. The van der Waals surface area contributed by atoms with Gasteiger partial charge < -0.3 is 10.6 Å². The van der Waals surface area contributed by atoms with Crippen LogP contribution in [0.5, 0.6) is 0 Å². The summed E-state index contributed by atoms with van der Waals surface area (Å²) in [5.41, 5.74) is 1.83. The first-order chi connectivity index (χ1) is 13.5. The summed E-state index contributed by atoms with van der Waals surface area (Å²) in [4.78, 5) is 25.4. The van der Waals surface area contributed by atoms with Crippen molar-refractivity contribution in [2.75, 3.05) is 5.32 Å². The van der Waals surface area contributed by atoms with Gasteiger partial charge in [0, 0.05) is 22.3 Å². The van der Waals surface area contributed by atoms with Gasteiger partial charge in [-0.2, -0.15) is 0 Å². The van der Waals surface area contributed by atoms with Crippen LogP contribution in [0.3, 0.4) is 0 Å². The summed E-state index contributed by atoms with van der Waals surface area (Å²) in [6.45, 7) is 2.11. The molecule has 0 heterocycles. The third-order valence-electron chi connectivity index (χ3n) is 6.11. The van der Waals surface area contributed by atoms with Crippen LogP contribution in [0.2, 0.25) is 5.02 Å². The van der Waals surface area contributed by atoms with E-state index >= 15 is 0 Å². The highest BCUT2D eigenvalue weighted by molar-refractivity contribution is 6.31. The first-order valence-electron chi connectivity index (χ1n) is 9.96. The Kier molecular flexibility index (Phi) is 5.15. The smallest absolute Gasteiger partial charge is 0.255 e. The molecule has 1 unspecified atom stereocenters. The largest absolute Gasteiger partial charge is 0.353 e. The average molecular weight is 397 g/mol. The summed E-state index contributed by atoms with van der Waals surface area (Å²) in [5, 5.41) is 6.65. The topological polar surface area (TPSA) is 58.2 Å². The van der Waals surface area contributed by atoms with Gasteiger partial charge in [-0.1, -0.05) is 36.2 Å². The summed E-state index contributed by atoms with van der Waals surface area (Å²) in [7, 11) is 0. The van der Waals surface area contributed by atoms with Crippen LogP contribution in [0.15, 0.2) is 48.5 Å². The maximum absolute atomic E-state index is 13.0. The Morgan fingerprint density at radius 2 is 1.82 bits per heavy atom. The van der Waals surface area contributed by atoms with Crippen molar-refractivity contribution in [1.29, 1.82) is 0 Å². The van der Waals surface area contributed by atoms with Crippen molar-refractivity contribution in [2.24, 2.45) is 5.92 Å². The van der Waals surface area contributed by atoms with Gasteiger partial charge in [-0.25, -0.2) is 0 Å². The Balaban J connectivity index is 1.45. The quantitative estimate of drug-likeness (QED) is 0.727. The van der Waals surface area contributed by atoms with Gasteiger partial charge in [0.1, 0.15) is 0 Å². The third-order valence-corrected chi connectivity index (χ3v) is 6.35. The lowest BCUT2D eigenvalue weighted by Gasteiger charge is -2.41. The van der Waals surface area contributed by atoms with Crippen molar-refractivity contribution in [3.63, 3.8) is 0 Å². The van der Waals surface area contributed by atoms with Gasteiger partial charge in [0.25, 0.3) is 5.91 Å². The highest BCUT2D eigenvalue weighted by atomic mass is 35.5. The number of hydrogen-bond acceptors (Lipinski definition) is 2. The molecule has 2 aliphatic rings. The Morgan fingerprint density at radius 3 is 2.39 bits per heavy atom. The van der Waals surface area contributed by atoms with Crippen molar-refractivity contribution >= 4 is 29.1 Å². The molecule has 4 rings (SSSR count). The summed E-state index contributed by atoms with van der Waals surface area (Å²) in [5.74, 6) is 0.587. The molecule has 2 aliphatic carbocycles. The van der Waals surface area contributed by atoms with Crippen molar-refractivity contribution in [3.05, 3.63) is 64.7 Å². The summed E-state index contributed by atoms with van der Waals surface area (Å²) < 4.78 is 0. The predicted molar refractivity (Wildman–Crippen MR) is 112 cm³/mol. The van der Waals surface area contributed by atoms with Crippen molar-refractivity contribution in [3.8, 4) is 0 Å². The first-order valence-corrected chi connectivity index (χ1v) is 10.3. The molecule has 2 saturated carbocycles. The second kappa shape index (κ2) is 7.59. The molecule has 0 saturated heterocycles. The summed E-state index contributed by atoms with van der Waals surface area (Å²) in [6.07, 6.45) is 5.26. The molecule has 4 nitrogen and oxygen atoms in total. The number of nitrogens with one attached hydrogen (secondary N) is 2. The van der Waals surface area contributed by atoms with Gasteiger partial charge in [-0.15, -0.1) is 0 Å². The Bertz CT molecular complexity index is 886. The van der Waals surface area contributed by atoms with Crippen molar-refractivity contribution in [1.82, 2.24) is 5.32 Å². The Hall–Kier alpha value is -2.33. The minimum Gasteiger partial charge on any atom is -0.353 e. The maximum atomic E-state index is 13.0. The number of amides is 2. The van der Waals surface area contributed by atoms with E-state index in [0.29, 0.717) is 22.2 Å². The number of anilines is 1. The Morgan fingerprint density at radius 1 is 1.11 bits per heavy atom. The molecule has 5 heteroatoms. The second-order valence-corrected chi connectivity index (χ2v) is 8.51. The van der Waals surface area contributed by atoms with E-state index in [0.717, 1.165) is 24.8 Å². The highest BCUT2D eigenvalue weighted by Gasteiger charge is 2.46. The fourth-order valence-corrected chi connectivity index (χ4v) is 4.13. The molecule has 2 amide bonds. The van der Waals surface area contributed by atoms with Crippen LogP contribution in [-0.2, 0) is 10.2 Å². The zero-order chi connectivity index (χ0) is 19.7. The molecular weight excluding hydrogens is 372 g/mol. The van der Waals surface area contributed by atoms with Crippen LogP contribution in [0.25, 0.3) is 0 Å². The fourth-order valence-electron chi connectivity index (χ4n) is 3.94. The molecule has 28 heavy (non-hydrogen) atoms. The number of carbonyl (C=O) groups is 2. The van der Waals surface area contributed by atoms with E-state index in [2.05, 4.69) is 17.6 Å². The van der Waals surface area contributed by atoms with E-state index < -0.39 is 5.41 Å². The van der Waals surface area contributed by atoms with Crippen molar-refractivity contribution in [2.45, 2.75) is 50.5 Å². The first kappa shape index (κ1) is 19.0. The molecule has 0 aromatic heterocycles. The van der Waals surface area contributed by atoms with Gasteiger partial charge in [0.15, 0.2) is 0 Å².